The number of hydrogen-bond acceptors (Lipinski definition) is 2. The van der Waals surface area contributed by atoms with Crippen molar-refractivity contribution in [2.45, 2.75) is 39.2 Å². The lowest BCUT2D eigenvalue weighted by atomic mass is 10.2. The number of likely N-dealkylation sites (N-methyl/N-ethyl adjacent to an activating group) is 1. The molecule has 72 valence electrons. The van der Waals surface area contributed by atoms with Crippen molar-refractivity contribution in [3.8, 4) is 0 Å². The summed E-state index contributed by atoms with van der Waals surface area (Å²) in [5, 5.41) is 0. The highest BCUT2D eigenvalue weighted by atomic mass is 16.2. The minimum absolute atomic E-state index is 0.0334. The second kappa shape index (κ2) is 6.00. The van der Waals surface area contributed by atoms with E-state index < -0.39 is 0 Å². The fourth-order valence-electron chi connectivity index (χ4n) is 1.06. The molecule has 0 saturated carbocycles. The third kappa shape index (κ3) is 4.34. The molecule has 0 heterocycles. The molecule has 1 atom stereocenters. The molecule has 0 aromatic carbocycles. The van der Waals surface area contributed by atoms with Crippen molar-refractivity contribution in [3.05, 3.63) is 0 Å². The van der Waals surface area contributed by atoms with Gasteiger partial charge in [-0.2, -0.15) is 0 Å². The molecule has 0 unspecified atom stereocenters. The van der Waals surface area contributed by atoms with E-state index in [9.17, 15) is 4.79 Å². The van der Waals surface area contributed by atoms with E-state index in [0.717, 1.165) is 13.0 Å². The molecule has 0 saturated heterocycles. The Labute approximate surface area is 74.9 Å². The van der Waals surface area contributed by atoms with Crippen LogP contribution in [0.5, 0.6) is 0 Å². The molecule has 0 aliphatic heterocycles. The van der Waals surface area contributed by atoms with Crippen LogP contribution in [0.25, 0.3) is 0 Å². The maximum Gasteiger partial charge on any atom is 0.238 e. The normalized spacial score (nSPS) is 12.7. The summed E-state index contributed by atoms with van der Waals surface area (Å²) in [5.74, 6) is 0.0334. The van der Waals surface area contributed by atoms with Crippen LogP contribution in [0.1, 0.15) is 33.1 Å². The minimum atomic E-state index is -0.364. The van der Waals surface area contributed by atoms with Crippen LogP contribution in [0.2, 0.25) is 0 Å². The monoisotopic (exact) mass is 172 g/mol. The van der Waals surface area contributed by atoms with E-state index in [1.807, 2.05) is 0 Å². The van der Waals surface area contributed by atoms with Gasteiger partial charge in [0, 0.05) is 13.6 Å². The van der Waals surface area contributed by atoms with Gasteiger partial charge in [0.1, 0.15) is 0 Å². The van der Waals surface area contributed by atoms with Crippen molar-refractivity contribution in [1.82, 2.24) is 4.90 Å². The number of unbranched alkanes of at least 4 members (excludes halogenated alkanes) is 2. The fraction of sp³-hybridized carbons (Fsp3) is 0.889. The highest BCUT2D eigenvalue weighted by Crippen LogP contribution is 1.97. The number of hydrogen-bond donors (Lipinski definition) is 1. The lowest BCUT2D eigenvalue weighted by Crippen LogP contribution is -2.40. The van der Waals surface area contributed by atoms with Crippen molar-refractivity contribution in [1.29, 1.82) is 0 Å². The van der Waals surface area contributed by atoms with Crippen molar-refractivity contribution < 1.29 is 4.79 Å². The van der Waals surface area contributed by atoms with Gasteiger partial charge in [-0.05, 0) is 13.3 Å². The molecule has 0 fully saturated rings. The first-order valence-corrected chi connectivity index (χ1v) is 4.60. The van der Waals surface area contributed by atoms with Crippen LogP contribution in [0, 0.1) is 0 Å². The lowest BCUT2D eigenvalue weighted by molar-refractivity contribution is -0.130. The summed E-state index contributed by atoms with van der Waals surface area (Å²) in [6, 6.07) is -0.364. The van der Waals surface area contributed by atoms with Crippen molar-refractivity contribution >= 4 is 5.91 Å². The zero-order chi connectivity index (χ0) is 9.56. The Morgan fingerprint density at radius 2 is 2.08 bits per heavy atom. The average Bonchev–Trinajstić information content (AvgIpc) is 2.03. The molecule has 12 heavy (non-hydrogen) atoms. The fourth-order valence-corrected chi connectivity index (χ4v) is 1.06. The van der Waals surface area contributed by atoms with Crippen molar-refractivity contribution in [3.63, 3.8) is 0 Å². The van der Waals surface area contributed by atoms with Crippen LogP contribution < -0.4 is 5.73 Å². The van der Waals surface area contributed by atoms with E-state index >= 15 is 0 Å². The van der Waals surface area contributed by atoms with Gasteiger partial charge in [0.2, 0.25) is 5.91 Å². The van der Waals surface area contributed by atoms with E-state index in [4.69, 9.17) is 5.73 Å². The van der Waals surface area contributed by atoms with Gasteiger partial charge in [-0.15, -0.1) is 0 Å². The molecule has 0 spiro atoms. The number of nitrogens with two attached hydrogens (primary N) is 1. The Kier molecular flexibility index (Phi) is 5.72. The third-order valence-corrected chi connectivity index (χ3v) is 1.86. The summed E-state index contributed by atoms with van der Waals surface area (Å²) in [7, 11) is 1.81. The van der Waals surface area contributed by atoms with Crippen molar-refractivity contribution in [2.24, 2.45) is 5.73 Å². The zero-order valence-corrected chi connectivity index (χ0v) is 8.34. The van der Waals surface area contributed by atoms with Crippen molar-refractivity contribution in [2.75, 3.05) is 13.6 Å². The number of carbonyl (C=O) groups excluding carboxylic acids is 1. The number of amides is 1. The SMILES string of the molecule is CCCCCN(C)C(=O)[C@@H](C)N. The van der Waals surface area contributed by atoms with E-state index in [-0.39, 0.29) is 11.9 Å². The first-order chi connectivity index (χ1) is 5.59. The molecular formula is C9H20N2O. The Bertz CT molecular complexity index is 134. The van der Waals surface area contributed by atoms with E-state index in [1.54, 1.807) is 18.9 Å². The summed E-state index contributed by atoms with van der Waals surface area (Å²) < 4.78 is 0. The van der Waals surface area contributed by atoms with Crippen LogP contribution in [-0.2, 0) is 4.79 Å². The summed E-state index contributed by atoms with van der Waals surface area (Å²) in [5.41, 5.74) is 5.45. The van der Waals surface area contributed by atoms with E-state index in [1.165, 1.54) is 12.8 Å². The molecule has 0 aromatic rings. The highest BCUT2D eigenvalue weighted by Gasteiger charge is 2.11. The molecule has 3 nitrogen and oxygen atoms in total. The van der Waals surface area contributed by atoms with Crippen LogP contribution in [-0.4, -0.2) is 30.4 Å². The summed E-state index contributed by atoms with van der Waals surface area (Å²) >= 11 is 0. The van der Waals surface area contributed by atoms with E-state index in [2.05, 4.69) is 6.92 Å². The second-order valence-corrected chi connectivity index (χ2v) is 3.26. The zero-order valence-electron chi connectivity index (χ0n) is 8.34. The molecule has 0 radical (unpaired) electrons. The minimum Gasteiger partial charge on any atom is -0.344 e. The average molecular weight is 172 g/mol. The smallest absolute Gasteiger partial charge is 0.238 e. The predicted octanol–water partition coefficient (Wildman–Crippen LogP) is 0.982. The van der Waals surface area contributed by atoms with Gasteiger partial charge in [-0.3, -0.25) is 4.79 Å². The van der Waals surface area contributed by atoms with Gasteiger partial charge < -0.3 is 10.6 Å². The van der Waals surface area contributed by atoms with Gasteiger partial charge in [-0.1, -0.05) is 19.8 Å². The van der Waals surface area contributed by atoms with Crippen LogP contribution in [0.3, 0.4) is 0 Å². The molecule has 0 aliphatic carbocycles. The summed E-state index contributed by atoms with van der Waals surface area (Å²) in [4.78, 5) is 12.9. The summed E-state index contributed by atoms with van der Waals surface area (Å²) in [6.07, 6.45) is 3.43. The lowest BCUT2D eigenvalue weighted by Gasteiger charge is -2.18. The molecular weight excluding hydrogens is 152 g/mol. The van der Waals surface area contributed by atoms with Crippen LogP contribution >= 0.6 is 0 Å². The Morgan fingerprint density at radius 3 is 2.50 bits per heavy atom. The first-order valence-electron chi connectivity index (χ1n) is 4.60. The molecule has 3 heteroatoms. The van der Waals surface area contributed by atoms with Gasteiger partial charge >= 0.3 is 0 Å². The van der Waals surface area contributed by atoms with Gasteiger partial charge in [-0.25, -0.2) is 0 Å². The number of carbonyl (C=O) groups is 1. The molecule has 1 amide bonds. The summed E-state index contributed by atoms with van der Waals surface area (Å²) in [6.45, 7) is 4.69. The number of nitrogens with zero attached hydrogens (tertiary/aromatic N) is 1. The molecule has 0 aliphatic rings. The topological polar surface area (TPSA) is 46.3 Å². The maximum absolute atomic E-state index is 11.2. The quantitative estimate of drug-likeness (QED) is 0.628. The van der Waals surface area contributed by atoms with Gasteiger partial charge in [0.25, 0.3) is 0 Å². The third-order valence-electron chi connectivity index (χ3n) is 1.86. The van der Waals surface area contributed by atoms with E-state index in [0.29, 0.717) is 0 Å². The number of rotatable bonds is 5. The van der Waals surface area contributed by atoms with Gasteiger partial charge in [0.05, 0.1) is 6.04 Å². The Hall–Kier alpha value is -0.570. The maximum atomic E-state index is 11.2. The molecule has 0 rings (SSSR count). The largest absolute Gasteiger partial charge is 0.344 e. The Balaban J connectivity index is 3.57. The van der Waals surface area contributed by atoms with Crippen LogP contribution in [0.15, 0.2) is 0 Å². The highest BCUT2D eigenvalue weighted by molar-refractivity contribution is 5.80. The molecule has 2 N–H and O–H groups in total. The first kappa shape index (κ1) is 11.4. The van der Waals surface area contributed by atoms with Gasteiger partial charge in [0.15, 0.2) is 0 Å². The molecule has 0 aromatic heterocycles. The molecule has 0 bridgehead atoms. The van der Waals surface area contributed by atoms with Crippen LogP contribution in [0.4, 0.5) is 0 Å². The second-order valence-electron chi connectivity index (χ2n) is 3.26. The predicted molar refractivity (Wildman–Crippen MR) is 50.8 cm³/mol. The Morgan fingerprint density at radius 1 is 1.50 bits per heavy atom. The standard InChI is InChI=1S/C9H20N2O/c1-4-5-6-7-11(3)9(12)8(2)10/h8H,4-7,10H2,1-3H3/t8-/m1/s1.